The van der Waals surface area contributed by atoms with E-state index in [-0.39, 0.29) is 12.5 Å². The highest BCUT2D eigenvalue weighted by Gasteiger charge is 2.55. The van der Waals surface area contributed by atoms with E-state index >= 15 is 0 Å². The summed E-state index contributed by atoms with van der Waals surface area (Å²) in [5.74, 6) is 0.926. The Labute approximate surface area is 166 Å². The van der Waals surface area contributed by atoms with Crippen molar-refractivity contribution in [2.75, 3.05) is 19.7 Å². The Morgan fingerprint density at radius 2 is 2.33 bits per heavy atom. The first kappa shape index (κ1) is 20.6. The van der Waals surface area contributed by atoms with Crippen molar-refractivity contribution in [3.63, 3.8) is 0 Å². The molecular formula is C20H33N3O3S. The van der Waals surface area contributed by atoms with Crippen LogP contribution in [0.1, 0.15) is 68.5 Å². The van der Waals surface area contributed by atoms with Crippen molar-refractivity contribution in [3.05, 3.63) is 11.1 Å². The van der Waals surface area contributed by atoms with Crippen LogP contribution >= 0.6 is 11.3 Å². The third kappa shape index (κ3) is 5.90. The number of aliphatic hydroxyl groups is 1. The van der Waals surface area contributed by atoms with Crippen molar-refractivity contribution in [2.45, 2.75) is 70.9 Å². The van der Waals surface area contributed by atoms with Gasteiger partial charge in [-0.3, -0.25) is 4.79 Å². The highest BCUT2D eigenvalue weighted by Crippen LogP contribution is 2.66. The molecule has 0 spiro atoms. The fourth-order valence-electron chi connectivity index (χ4n) is 4.20. The molecule has 2 saturated carbocycles. The summed E-state index contributed by atoms with van der Waals surface area (Å²) in [5.41, 5.74) is 0.698. The van der Waals surface area contributed by atoms with E-state index < -0.39 is 6.10 Å². The van der Waals surface area contributed by atoms with Crippen LogP contribution in [0.2, 0.25) is 0 Å². The van der Waals surface area contributed by atoms with Gasteiger partial charge in [0.2, 0.25) is 0 Å². The number of fused-ring (bicyclic) bond motifs is 1. The van der Waals surface area contributed by atoms with Gasteiger partial charge in [-0.2, -0.15) is 0 Å². The van der Waals surface area contributed by atoms with Gasteiger partial charge >= 0.3 is 0 Å². The van der Waals surface area contributed by atoms with Crippen molar-refractivity contribution in [3.8, 4) is 5.19 Å². The van der Waals surface area contributed by atoms with Crippen molar-refractivity contribution < 1.29 is 14.6 Å². The predicted octanol–water partition coefficient (Wildman–Crippen LogP) is 2.97. The lowest BCUT2D eigenvalue weighted by Crippen LogP contribution is -2.35. The molecule has 1 amide bonds. The number of unbranched alkanes of at least 4 members (excludes halogenated alkanes) is 1. The molecular weight excluding hydrogens is 362 g/mol. The zero-order valence-corrected chi connectivity index (χ0v) is 17.3. The number of aromatic nitrogens is 1. The lowest BCUT2D eigenvalue weighted by molar-refractivity contribution is 0.0956. The van der Waals surface area contributed by atoms with E-state index in [9.17, 15) is 9.90 Å². The lowest BCUT2D eigenvalue weighted by atomic mass is 9.96. The van der Waals surface area contributed by atoms with Crippen LogP contribution < -0.4 is 15.4 Å². The van der Waals surface area contributed by atoms with Crippen LogP contribution in [0.5, 0.6) is 5.19 Å². The predicted molar refractivity (Wildman–Crippen MR) is 107 cm³/mol. The largest absolute Gasteiger partial charge is 0.467 e. The zero-order valence-electron chi connectivity index (χ0n) is 16.5. The molecule has 0 aromatic carbocycles. The molecule has 3 unspecified atom stereocenters. The summed E-state index contributed by atoms with van der Waals surface area (Å²) in [6.07, 6.45) is 10.3. The molecule has 152 valence electrons. The van der Waals surface area contributed by atoms with Gasteiger partial charge in [0.05, 0.1) is 6.20 Å². The molecule has 27 heavy (non-hydrogen) atoms. The van der Waals surface area contributed by atoms with Crippen LogP contribution in [0.15, 0.2) is 6.20 Å². The Balaban J connectivity index is 1.28. The minimum Gasteiger partial charge on any atom is -0.467 e. The zero-order chi connectivity index (χ0) is 19.3. The summed E-state index contributed by atoms with van der Waals surface area (Å²) in [5, 5.41) is 16.4. The number of amides is 1. The van der Waals surface area contributed by atoms with Crippen LogP contribution in [0.4, 0.5) is 0 Å². The van der Waals surface area contributed by atoms with Crippen LogP contribution in [0, 0.1) is 11.3 Å². The summed E-state index contributed by atoms with van der Waals surface area (Å²) in [6, 6.07) is 0.318. The normalized spacial score (nSPS) is 24.7. The standard InChI is InChI=1S/C20H33N3O3S/c1-14(2)22-11-16(24)13-26-19-23-12-17(27-19)18(25)21-9-4-3-7-20-8-5-6-15(20)10-20/h12,14-16,22,24H,3-11,13H2,1-2H3,(H,21,25). The topological polar surface area (TPSA) is 83.5 Å². The van der Waals surface area contributed by atoms with Gasteiger partial charge in [0.1, 0.15) is 17.6 Å². The quantitative estimate of drug-likeness (QED) is 0.474. The summed E-state index contributed by atoms with van der Waals surface area (Å²) >= 11 is 1.22. The summed E-state index contributed by atoms with van der Waals surface area (Å²) < 4.78 is 5.48. The molecule has 3 rings (SSSR count). The fraction of sp³-hybridized carbons (Fsp3) is 0.800. The van der Waals surface area contributed by atoms with Crippen LogP contribution in [0.25, 0.3) is 0 Å². The second kappa shape index (κ2) is 9.34. The van der Waals surface area contributed by atoms with Gasteiger partial charge in [0.15, 0.2) is 0 Å². The van der Waals surface area contributed by atoms with Crippen molar-refractivity contribution in [1.82, 2.24) is 15.6 Å². The molecule has 1 aromatic rings. The molecule has 3 atom stereocenters. The monoisotopic (exact) mass is 395 g/mol. The van der Waals surface area contributed by atoms with Crippen LogP contribution in [0.3, 0.4) is 0 Å². The molecule has 0 bridgehead atoms. The lowest BCUT2D eigenvalue weighted by Gasteiger charge is -2.13. The Morgan fingerprint density at radius 3 is 3.04 bits per heavy atom. The number of nitrogens with zero attached hydrogens (tertiary/aromatic N) is 1. The molecule has 1 aromatic heterocycles. The van der Waals surface area contributed by atoms with Crippen LogP contribution in [-0.2, 0) is 0 Å². The average Bonchev–Trinajstić information content (AvgIpc) is 3.00. The molecule has 3 N–H and O–H groups in total. The maximum Gasteiger partial charge on any atom is 0.273 e. The Hall–Kier alpha value is -1.18. The number of aliphatic hydroxyl groups excluding tert-OH is 1. The summed E-state index contributed by atoms with van der Waals surface area (Å²) in [6.45, 7) is 5.40. The van der Waals surface area contributed by atoms with Gasteiger partial charge in [-0.05, 0) is 43.4 Å². The van der Waals surface area contributed by atoms with Gasteiger partial charge in [0.25, 0.3) is 11.1 Å². The van der Waals surface area contributed by atoms with E-state index in [2.05, 4.69) is 15.6 Å². The number of hydrogen-bond donors (Lipinski definition) is 3. The van der Waals surface area contributed by atoms with Gasteiger partial charge in [-0.1, -0.05) is 38.0 Å². The van der Waals surface area contributed by atoms with Crippen LogP contribution in [-0.4, -0.2) is 47.8 Å². The van der Waals surface area contributed by atoms with Crippen molar-refractivity contribution in [2.24, 2.45) is 11.3 Å². The average molecular weight is 396 g/mol. The number of rotatable bonds is 12. The van der Waals surface area contributed by atoms with E-state index in [0.29, 0.717) is 34.6 Å². The Kier molecular flexibility index (Phi) is 7.11. The molecule has 0 saturated heterocycles. The number of thiazole rings is 1. The number of carbonyl (C=O) groups excluding carboxylic acids is 1. The molecule has 2 fully saturated rings. The SMILES string of the molecule is CC(C)NCC(O)COc1ncc(C(=O)NCCCCC23CCCC2C3)s1. The van der Waals surface area contributed by atoms with Gasteiger partial charge in [0, 0.05) is 19.1 Å². The molecule has 7 heteroatoms. The highest BCUT2D eigenvalue weighted by atomic mass is 32.1. The number of hydrogen-bond acceptors (Lipinski definition) is 6. The number of nitrogens with one attached hydrogen (secondary N) is 2. The third-order valence-electron chi connectivity index (χ3n) is 5.84. The molecule has 6 nitrogen and oxygen atoms in total. The third-order valence-corrected chi connectivity index (χ3v) is 6.75. The number of carbonyl (C=O) groups is 1. The van der Waals surface area contributed by atoms with E-state index in [1.165, 1.54) is 49.9 Å². The van der Waals surface area contributed by atoms with Gasteiger partial charge < -0.3 is 20.5 Å². The van der Waals surface area contributed by atoms with Crippen molar-refractivity contribution >= 4 is 17.2 Å². The molecule has 1 heterocycles. The summed E-state index contributed by atoms with van der Waals surface area (Å²) in [4.78, 5) is 16.9. The fourth-order valence-corrected chi connectivity index (χ4v) is 4.89. The Bertz CT molecular complexity index is 621. The minimum absolute atomic E-state index is 0.0901. The highest BCUT2D eigenvalue weighted by molar-refractivity contribution is 7.15. The molecule has 0 radical (unpaired) electrons. The first-order chi connectivity index (χ1) is 13.0. The molecule has 2 aliphatic carbocycles. The second-order valence-electron chi connectivity index (χ2n) is 8.39. The minimum atomic E-state index is -0.598. The van der Waals surface area contributed by atoms with E-state index in [1.54, 1.807) is 6.20 Å². The molecule has 0 aliphatic heterocycles. The van der Waals surface area contributed by atoms with Crippen molar-refractivity contribution in [1.29, 1.82) is 0 Å². The second-order valence-corrected chi connectivity index (χ2v) is 9.38. The smallest absolute Gasteiger partial charge is 0.273 e. The maximum absolute atomic E-state index is 12.2. The first-order valence-corrected chi connectivity index (χ1v) is 11.1. The summed E-state index contributed by atoms with van der Waals surface area (Å²) in [7, 11) is 0. The van der Waals surface area contributed by atoms with Gasteiger partial charge in [-0.15, -0.1) is 0 Å². The maximum atomic E-state index is 12.2. The first-order valence-electron chi connectivity index (χ1n) is 10.3. The Morgan fingerprint density at radius 1 is 1.48 bits per heavy atom. The number of ether oxygens (including phenoxy) is 1. The van der Waals surface area contributed by atoms with E-state index in [4.69, 9.17) is 4.74 Å². The van der Waals surface area contributed by atoms with Gasteiger partial charge in [-0.25, -0.2) is 4.98 Å². The van der Waals surface area contributed by atoms with E-state index in [0.717, 1.165) is 12.3 Å². The molecule has 2 aliphatic rings. The van der Waals surface area contributed by atoms with E-state index in [1.807, 2.05) is 13.8 Å².